The number of fused-ring (bicyclic) bond motifs is 1. The van der Waals surface area contributed by atoms with Gasteiger partial charge in [0.25, 0.3) is 0 Å². The Morgan fingerprint density at radius 2 is 2.20 bits per heavy atom. The van der Waals surface area contributed by atoms with Gasteiger partial charge in [0.2, 0.25) is 0 Å². The maximum Gasteiger partial charge on any atom is 0.163 e. The Morgan fingerprint density at radius 3 is 3.00 bits per heavy atom. The number of carbonyl (C=O) groups excluding carboxylic acids is 1. The second-order valence-electron chi connectivity index (χ2n) is 6.08. The van der Waals surface area contributed by atoms with Crippen molar-refractivity contribution in [3.8, 4) is 0 Å². The second kappa shape index (κ2) is 5.52. The zero-order valence-corrected chi connectivity index (χ0v) is 12.4. The quantitative estimate of drug-likeness (QED) is 0.775. The van der Waals surface area contributed by atoms with E-state index >= 15 is 0 Å². The lowest BCUT2D eigenvalue weighted by Gasteiger charge is -2.48. The van der Waals surface area contributed by atoms with E-state index in [1.165, 1.54) is 25.8 Å². The lowest BCUT2D eigenvalue weighted by Crippen LogP contribution is -2.59. The van der Waals surface area contributed by atoms with Crippen molar-refractivity contribution < 1.29 is 4.79 Å². The molecule has 0 amide bonds. The molecular weight excluding hydrogens is 250 g/mol. The molecule has 0 N–H and O–H groups in total. The molecular formula is C16H23N3O. The largest absolute Gasteiger partial charge is 0.350 e. The first-order chi connectivity index (χ1) is 9.66. The third-order valence-corrected chi connectivity index (χ3v) is 4.63. The normalized spacial score (nSPS) is 27.2. The molecule has 20 heavy (non-hydrogen) atoms. The number of Topliss-reactive ketones (excluding diaryl/α,β-unsaturated/α-hetero) is 1. The number of aromatic nitrogens is 1. The molecule has 0 spiro atoms. The van der Waals surface area contributed by atoms with Gasteiger partial charge in [-0.1, -0.05) is 6.42 Å². The van der Waals surface area contributed by atoms with Crippen LogP contribution in [0.3, 0.4) is 0 Å². The molecule has 108 valence electrons. The summed E-state index contributed by atoms with van der Waals surface area (Å²) in [6.45, 7) is 7.17. The molecule has 4 heteroatoms. The zero-order chi connectivity index (χ0) is 14.1. The van der Waals surface area contributed by atoms with Gasteiger partial charge in [-0.05, 0) is 45.4 Å². The van der Waals surface area contributed by atoms with E-state index in [4.69, 9.17) is 0 Å². The van der Waals surface area contributed by atoms with Crippen molar-refractivity contribution in [2.24, 2.45) is 0 Å². The Hall–Kier alpha value is -1.42. The monoisotopic (exact) mass is 273 g/mol. The molecule has 3 rings (SSSR count). The Morgan fingerprint density at radius 1 is 1.35 bits per heavy atom. The number of carbonyl (C=O) groups is 1. The van der Waals surface area contributed by atoms with Crippen LogP contribution in [0.2, 0.25) is 0 Å². The van der Waals surface area contributed by atoms with Crippen LogP contribution in [0.15, 0.2) is 18.3 Å². The van der Waals surface area contributed by atoms with E-state index in [1.807, 2.05) is 12.1 Å². The average molecular weight is 273 g/mol. The SMILES string of the molecule is CC(=O)c1cccnc1N1CC2CCCCN2CC1C. The van der Waals surface area contributed by atoms with Crippen LogP contribution in [0.4, 0.5) is 5.82 Å². The van der Waals surface area contributed by atoms with Crippen molar-refractivity contribution in [3.63, 3.8) is 0 Å². The highest BCUT2D eigenvalue weighted by Crippen LogP contribution is 2.28. The molecule has 0 saturated carbocycles. The molecule has 2 unspecified atom stereocenters. The summed E-state index contributed by atoms with van der Waals surface area (Å²) in [5.74, 6) is 0.976. The van der Waals surface area contributed by atoms with Crippen LogP contribution in [0, 0.1) is 0 Å². The molecule has 0 aromatic carbocycles. The summed E-state index contributed by atoms with van der Waals surface area (Å²) in [6, 6.07) is 4.78. The van der Waals surface area contributed by atoms with Crippen LogP contribution in [-0.2, 0) is 0 Å². The first kappa shape index (κ1) is 13.6. The molecule has 0 aliphatic carbocycles. The molecule has 2 fully saturated rings. The van der Waals surface area contributed by atoms with Gasteiger partial charge in [0.05, 0.1) is 5.56 Å². The summed E-state index contributed by atoms with van der Waals surface area (Å²) in [4.78, 5) is 21.3. The Kier molecular flexibility index (Phi) is 3.74. The van der Waals surface area contributed by atoms with E-state index < -0.39 is 0 Å². The fourth-order valence-corrected chi connectivity index (χ4v) is 3.55. The van der Waals surface area contributed by atoms with Crippen LogP contribution < -0.4 is 4.90 Å². The van der Waals surface area contributed by atoms with Gasteiger partial charge in [-0.15, -0.1) is 0 Å². The van der Waals surface area contributed by atoms with Gasteiger partial charge in [0, 0.05) is 31.4 Å². The molecule has 2 atom stereocenters. The van der Waals surface area contributed by atoms with Crippen molar-refractivity contribution in [2.45, 2.75) is 45.2 Å². The third-order valence-electron chi connectivity index (χ3n) is 4.63. The van der Waals surface area contributed by atoms with Gasteiger partial charge in [-0.3, -0.25) is 9.69 Å². The summed E-state index contributed by atoms with van der Waals surface area (Å²) in [5, 5.41) is 0. The maximum absolute atomic E-state index is 11.8. The minimum Gasteiger partial charge on any atom is -0.350 e. The summed E-state index contributed by atoms with van der Waals surface area (Å²) < 4.78 is 0. The van der Waals surface area contributed by atoms with Gasteiger partial charge in [-0.25, -0.2) is 4.98 Å². The Labute approximate surface area is 120 Å². The number of ketones is 1. The molecule has 0 radical (unpaired) electrons. The van der Waals surface area contributed by atoms with E-state index in [0.29, 0.717) is 12.1 Å². The van der Waals surface area contributed by atoms with E-state index in [2.05, 4.69) is 21.7 Å². The number of pyridine rings is 1. The van der Waals surface area contributed by atoms with E-state index in [0.717, 1.165) is 24.5 Å². The topological polar surface area (TPSA) is 36.4 Å². The summed E-state index contributed by atoms with van der Waals surface area (Å²) in [6.07, 6.45) is 5.71. The first-order valence-corrected chi connectivity index (χ1v) is 7.63. The predicted molar refractivity (Wildman–Crippen MR) is 80.3 cm³/mol. The highest BCUT2D eigenvalue weighted by molar-refractivity contribution is 5.98. The van der Waals surface area contributed by atoms with Crippen molar-refractivity contribution >= 4 is 11.6 Å². The van der Waals surface area contributed by atoms with Gasteiger partial charge in [0.15, 0.2) is 5.78 Å². The number of piperazine rings is 1. The van der Waals surface area contributed by atoms with Crippen LogP contribution in [0.25, 0.3) is 0 Å². The molecule has 1 aromatic heterocycles. The van der Waals surface area contributed by atoms with Gasteiger partial charge >= 0.3 is 0 Å². The molecule has 2 aliphatic rings. The Balaban J connectivity index is 1.88. The fraction of sp³-hybridized carbons (Fsp3) is 0.625. The number of nitrogens with zero attached hydrogens (tertiary/aromatic N) is 3. The van der Waals surface area contributed by atoms with E-state index in [-0.39, 0.29) is 5.78 Å². The van der Waals surface area contributed by atoms with Crippen molar-refractivity contribution in [1.82, 2.24) is 9.88 Å². The minimum atomic E-state index is 0.103. The van der Waals surface area contributed by atoms with E-state index in [1.54, 1.807) is 13.1 Å². The van der Waals surface area contributed by atoms with Crippen LogP contribution in [0.5, 0.6) is 0 Å². The van der Waals surface area contributed by atoms with Crippen molar-refractivity contribution in [1.29, 1.82) is 0 Å². The molecule has 2 saturated heterocycles. The standard InChI is InChI=1S/C16H23N3O/c1-12-10-18-9-4-3-6-14(18)11-19(12)16-15(13(2)20)7-5-8-17-16/h5,7-8,12,14H,3-4,6,9-11H2,1-2H3. The van der Waals surface area contributed by atoms with Crippen molar-refractivity contribution in [2.75, 3.05) is 24.5 Å². The summed E-state index contributed by atoms with van der Waals surface area (Å²) in [5.41, 5.74) is 0.753. The smallest absolute Gasteiger partial charge is 0.163 e. The lowest BCUT2D eigenvalue weighted by atomic mass is 9.96. The zero-order valence-electron chi connectivity index (χ0n) is 12.4. The van der Waals surface area contributed by atoms with Gasteiger partial charge < -0.3 is 4.90 Å². The van der Waals surface area contributed by atoms with Crippen LogP contribution in [0.1, 0.15) is 43.5 Å². The number of hydrogen-bond acceptors (Lipinski definition) is 4. The van der Waals surface area contributed by atoms with Gasteiger partial charge in [0.1, 0.15) is 5.82 Å². The highest BCUT2D eigenvalue weighted by Gasteiger charge is 2.34. The number of piperidine rings is 1. The van der Waals surface area contributed by atoms with Crippen molar-refractivity contribution in [3.05, 3.63) is 23.9 Å². The first-order valence-electron chi connectivity index (χ1n) is 7.63. The average Bonchev–Trinajstić information content (AvgIpc) is 2.46. The molecule has 3 heterocycles. The number of hydrogen-bond donors (Lipinski definition) is 0. The third kappa shape index (κ3) is 2.44. The highest BCUT2D eigenvalue weighted by atomic mass is 16.1. The fourth-order valence-electron chi connectivity index (χ4n) is 3.55. The predicted octanol–water partition coefficient (Wildman–Crippen LogP) is 2.35. The van der Waals surface area contributed by atoms with Crippen LogP contribution >= 0.6 is 0 Å². The lowest BCUT2D eigenvalue weighted by molar-refractivity contribution is 0.101. The van der Waals surface area contributed by atoms with Gasteiger partial charge in [-0.2, -0.15) is 0 Å². The molecule has 0 bridgehead atoms. The molecule has 2 aliphatic heterocycles. The number of anilines is 1. The molecule has 4 nitrogen and oxygen atoms in total. The number of rotatable bonds is 2. The second-order valence-corrected chi connectivity index (χ2v) is 6.08. The van der Waals surface area contributed by atoms with E-state index in [9.17, 15) is 4.79 Å². The van der Waals surface area contributed by atoms with Crippen LogP contribution in [-0.4, -0.2) is 47.4 Å². The minimum absolute atomic E-state index is 0.103. The Bertz CT molecular complexity index is 502. The summed E-state index contributed by atoms with van der Waals surface area (Å²) >= 11 is 0. The molecule has 1 aromatic rings. The summed E-state index contributed by atoms with van der Waals surface area (Å²) in [7, 11) is 0. The maximum atomic E-state index is 11.8.